The third-order valence-electron chi connectivity index (χ3n) is 2.42. The zero-order valence-corrected chi connectivity index (χ0v) is 11.5. The standard InChI is InChI=1S/C13H5BrN6/c14-9-1-2-10(13-12(9)18-3-4-19-13)20-11(7-17)8(5-15)6-16/h1-4,20H. The minimum absolute atomic E-state index is 0.121. The van der Waals surface area contributed by atoms with E-state index in [1.54, 1.807) is 36.5 Å². The predicted octanol–water partition coefficient (Wildman–Crippen LogP) is 2.63. The lowest BCUT2D eigenvalue weighted by molar-refractivity contribution is 1.28. The molecule has 0 aliphatic heterocycles. The molecule has 0 fully saturated rings. The van der Waals surface area contributed by atoms with Crippen LogP contribution in [0, 0.1) is 34.0 Å². The van der Waals surface area contributed by atoms with E-state index in [0.717, 1.165) is 4.47 Å². The van der Waals surface area contributed by atoms with Crippen LogP contribution in [0.3, 0.4) is 0 Å². The fourth-order valence-corrected chi connectivity index (χ4v) is 1.97. The number of nitriles is 3. The molecule has 2 aromatic rings. The van der Waals surface area contributed by atoms with Crippen molar-refractivity contribution < 1.29 is 0 Å². The Labute approximate surface area is 122 Å². The molecule has 94 valence electrons. The van der Waals surface area contributed by atoms with Crippen LogP contribution in [0.2, 0.25) is 0 Å². The smallest absolute Gasteiger partial charge is 0.163 e. The third-order valence-corrected chi connectivity index (χ3v) is 3.06. The van der Waals surface area contributed by atoms with Gasteiger partial charge in [0.25, 0.3) is 0 Å². The quantitative estimate of drug-likeness (QED) is 0.850. The van der Waals surface area contributed by atoms with Gasteiger partial charge in [0.1, 0.15) is 34.9 Å². The van der Waals surface area contributed by atoms with Gasteiger partial charge in [-0.05, 0) is 28.1 Å². The van der Waals surface area contributed by atoms with Gasteiger partial charge >= 0.3 is 0 Å². The molecule has 1 N–H and O–H groups in total. The highest BCUT2D eigenvalue weighted by Gasteiger charge is 2.11. The summed E-state index contributed by atoms with van der Waals surface area (Å²) >= 11 is 3.36. The van der Waals surface area contributed by atoms with Crippen LogP contribution >= 0.6 is 15.9 Å². The zero-order chi connectivity index (χ0) is 14.5. The van der Waals surface area contributed by atoms with E-state index in [1.807, 2.05) is 0 Å². The number of fused-ring (bicyclic) bond motifs is 1. The lowest BCUT2D eigenvalue weighted by Gasteiger charge is -2.08. The maximum absolute atomic E-state index is 9.03. The van der Waals surface area contributed by atoms with Gasteiger partial charge in [0, 0.05) is 16.9 Å². The Bertz CT molecular complexity index is 819. The van der Waals surface area contributed by atoms with E-state index in [2.05, 4.69) is 31.2 Å². The van der Waals surface area contributed by atoms with Crippen LogP contribution in [0.25, 0.3) is 11.0 Å². The molecule has 0 spiro atoms. The summed E-state index contributed by atoms with van der Waals surface area (Å²) in [6.45, 7) is 0. The van der Waals surface area contributed by atoms with Crippen molar-refractivity contribution in [1.29, 1.82) is 15.8 Å². The van der Waals surface area contributed by atoms with Crippen molar-refractivity contribution in [1.82, 2.24) is 9.97 Å². The van der Waals surface area contributed by atoms with Gasteiger partial charge in [0.05, 0.1) is 5.69 Å². The molecule has 0 saturated carbocycles. The van der Waals surface area contributed by atoms with E-state index in [9.17, 15) is 0 Å². The van der Waals surface area contributed by atoms with Crippen LogP contribution in [0.1, 0.15) is 0 Å². The Morgan fingerprint density at radius 1 is 1.00 bits per heavy atom. The van der Waals surface area contributed by atoms with Crippen LogP contribution < -0.4 is 5.32 Å². The van der Waals surface area contributed by atoms with E-state index in [1.165, 1.54) is 6.20 Å². The Morgan fingerprint density at radius 2 is 1.65 bits per heavy atom. The molecule has 20 heavy (non-hydrogen) atoms. The normalized spacial score (nSPS) is 9.10. The molecule has 1 heterocycles. The van der Waals surface area contributed by atoms with Gasteiger partial charge in [-0.2, -0.15) is 15.8 Å². The summed E-state index contributed by atoms with van der Waals surface area (Å²) in [7, 11) is 0. The number of halogens is 1. The minimum atomic E-state index is -0.285. The van der Waals surface area contributed by atoms with Crippen molar-refractivity contribution in [2.24, 2.45) is 0 Å². The van der Waals surface area contributed by atoms with Crippen molar-refractivity contribution in [3.8, 4) is 18.2 Å². The fourth-order valence-electron chi connectivity index (χ4n) is 1.54. The van der Waals surface area contributed by atoms with E-state index in [4.69, 9.17) is 15.8 Å². The molecular weight excluding hydrogens is 320 g/mol. The molecular formula is C13H5BrN6. The van der Waals surface area contributed by atoms with Crippen molar-refractivity contribution >= 4 is 32.7 Å². The molecule has 0 bridgehead atoms. The number of nitrogens with zero attached hydrogens (tertiary/aromatic N) is 5. The van der Waals surface area contributed by atoms with Crippen LogP contribution in [0.4, 0.5) is 5.69 Å². The number of hydrogen-bond donors (Lipinski definition) is 1. The first-order chi connectivity index (χ1) is 9.71. The van der Waals surface area contributed by atoms with Gasteiger partial charge in [-0.1, -0.05) is 0 Å². The molecule has 0 aliphatic carbocycles. The minimum Gasteiger partial charge on any atom is -0.343 e. The second kappa shape index (κ2) is 5.79. The lowest BCUT2D eigenvalue weighted by Crippen LogP contribution is -2.02. The summed E-state index contributed by atoms with van der Waals surface area (Å²) in [6, 6.07) is 8.56. The van der Waals surface area contributed by atoms with Crippen molar-refractivity contribution in [3.63, 3.8) is 0 Å². The van der Waals surface area contributed by atoms with Gasteiger partial charge in [-0.15, -0.1) is 0 Å². The largest absolute Gasteiger partial charge is 0.343 e. The van der Waals surface area contributed by atoms with Gasteiger partial charge in [-0.25, -0.2) is 0 Å². The molecule has 2 rings (SSSR count). The monoisotopic (exact) mass is 324 g/mol. The van der Waals surface area contributed by atoms with Crippen LogP contribution in [0.5, 0.6) is 0 Å². The van der Waals surface area contributed by atoms with Crippen molar-refractivity contribution in [2.75, 3.05) is 5.32 Å². The van der Waals surface area contributed by atoms with Gasteiger partial charge in [0.15, 0.2) is 5.57 Å². The number of nitrogens with one attached hydrogen (secondary N) is 1. The molecule has 0 aliphatic rings. The Morgan fingerprint density at radius 3 is 2.25 bits per heavy atom. The van der Waals surface area contributed by atoms with Gasteiger partial charge in [-0.3, -0.25) is 9.97 Å². The first-order valence-electron chi connectivity index (χ1n) is 5.32. The molecule has 0 unspecified atom stereocenters. The van der Waals surface area contributed by atoms with Crippen LogP contribution in [-0.2, 0) is 0 Å². The Balaban J connectivity index is 2.60. The highest BCUT2D eigenvalue weighted by atomic mass is 79.9. The number of rotatable bonds is 2. The predicted molar refractivity (Wildman–Crippen MR) is 74.7 cm³/mol. The summed E-state index contributed by atoms with van der Waals surface area (Å²) < 4.78 is 0.759. The molecule has 1 aromatic heterocycles. The van der Waals surface area contributed by atoms with Crippen LogP contribution in [-0.4, -0.2) is 9.97 Å². The summed E-state index contributed by atoms with van der Waals surface area (Å²) in [5, 5.41) is 29.4. The van der Waals surface area contributed by atoms with E-state index in [-0.39, 0.29) is 11.3 Å². The summed E-state index contributed by atoms with van der Waals surface area (Å²) in [6.07, 6.45) is 3.07. The molecule has 0 atom stereocenters. The second-order valence-electron chi connectivity index (χ2n) is 3.56. The molecule has 0 saturated heterocycles. The van der Waals surface area contributed by atoms with Crippen molar-refractivity contribution in [3.05, 3.63) is 40.3 Å². The summed E-state index contributed by atoms with van der Waals surface area (Å²) in [5.74, 6) is 0. The maximum Gasteiger partial charge on any atom is 0.163 e. The fraction of sp³-hybridized carbons (Fsp3) is 0. The maximum atomic E-state index is 9.03. The zero-order valence-electron chi connectivity index (χ0n) is 9.92. The third kappa shape index (κ3) is 2.42. The lowest BCUT2D eigenvalue weighted by atomic mass is 10.2. The molecule has 7 heteroatoms. The van der Waals surface area contributed by atoms with Gasteiger partial charge < -0.3 is 5.32 Å². The number of aromatic nitrogens is 2. The molecule has 6 nitrogen and oxygen atoms in total. The Hall–Kier alpha value is -2.95. The number of allylic oxidation sites excluding steroid dienone is 2. The van der Waals surface area contributed by atoms with E-state index >= 15 is 0 Å². The molecule has 1 aromatic carbocycles. The summed E-state index contributed by atoms with van der Waals surface area (Å²) in [4.78, 5) is 8.37. The highest BCUT2D eigenvalue weighted by Crippen LogP contribution is 2.27. The average molecular weight is 325 g/mol. The average Bonchev–Trinajstić information content (AvgIpc) is 2.50. The number of anilines is 1. The molecule has 0 amide bonds. The van der Waals surface area contributed by atoms with E-state index in [0.29, 0.717) is 16.7 Å². The number of benzene rings is 1. The molecule has 0 radical (unpaired) electrons. The van der Waals surface area contributed by atoms with Crippen molar-refractivity contribution in [2.45, 2.75) is 0 Å². The first-order valence-corrected chi connectivity index (χ1v) is 6.11. The second-order valence-corrected chi connectivity index (χ2v) is 4.41. The van der Waals surface area contributed by atoms with Crippen LogP contribution in [0.15, 0.2) is 40.3 Å². The van der Waals surface area contributed by atoms with Gasteiger partial charge in [0.2, 0.25) is 0 Å². The topological polar surface area (TPSA) is 109 Å². The Kier molecular flexibility index (Phi) is 3.91. The van der Waals surface area contributed by atoms with E-state index < -0.39 is 0 Å². The summed E-state index contributed by atoms with van der Waals surface area (Å²) in [5.41, 5.74) is 1.24. The highest BCUT2D eigenvalue weighted by molar-refractivity contribution is 9.10. The first kappa shape index (κ1) is 13.5. The number of hydrogen-bond acceptors (Lipinski definition) is 6. The SMILES string of the molecule is N#CC(C#N)=C(C#N)Nc1ccc(Br)c2nccnc12.